The van der Waals surface area contributed by atoms with Gasteiger partial charge in [-0.05, 0) is 27.7 Å². The zero-order valence-corrected chi connectivity index (χ0v) is 8.96. The summed E-state index contributed by atoms with van der Waals surface area (Å²) in [5, 5.41) is 9.73. The van der Waals surface area contributed by atoms with Crippen LogP contribution in [0, 0.1) is 0 Å². The molecule has 0 aromatic heterocycles. The van der Waals surface area contributed by atoms with Gasteiger partial charge in [-0.2, -0.15) is 0 Å². The Bertz CT molecular complexity index is 263. The van der Waals surface area contributed by atoms with E-state index >= 15 is 0 Å². The van der Waals surface area contributed by atoms with E-state index in [-0.39, 0.29) is 12.2 Å². The van der Waals surface area contributed by atoms with Crippen LogP contribution in [0.5, 0.6) is 0 Å². The SMILES string of the molecule is C/C=C(\C(=O)OCC)C(C)(O)C(C)=O. The van der Waals surface area contributed by atoms with E-state index in [9.17, 15) is 14.7 Å². The van der Waals surface area contributed by atoms with Crippen molar-refractivity contribution in [2.24, 2.45) is 0 Å². The van der Waals surface area contributed by atoms with E-state index < -0.39 is 17.4 Å². The number of ketones is 1. The fourth-order valence-corrected chi connectivity index (χ4v) is 0.996. The van der Waals surface area contributed by atoms with Crippen molar-refractivity contribution in [3.63, 3.8) is 0 Å². The Balaban J connectivity index is 4.92. The second kappa shape index (κ2) is 4.91. The normalized spacial score (nSPS) is 15.9. The molecule has 4 nitrogen and oxygen atoms in total. The standard InChI is InChI=1S/C10H16O4/c1-5-8(9(12)14-6-2)10(4,13)7(3)11/h5,13H,6H2,1-4H3/b8-5+. The average Bonchev–Trinajstić information content (AvgIpc) is 2.04. The number of allylic oxidation sites excluding steroid dienone is 1. The summed E-state index contributed by atoms with van der Waals surface area (Å²) in [6, 6.07) is 0. The highest BCUT2D eigenvalue weighted by Crippen LogP contribution is 2.18. The first-order valence-corrected chi connectivity index (χ1v) is 4.45. The fourth-order valence-electron chi connectivity index (χ4n) is 0.996. The molecule has 0 rings (SSSR count). The third-order valence-electron chi connectivity index (χ3n) is 1.99. The molecule has 1 unspecified atom stereocenters. The van der Waals surface area contributed by atoms with Crippen LogP contribution in [-0.4, -0.2) is 29.1 Å². The first-order chi connectivity index (χ1) is 6.37. The van der Waals surface area contributed by atoms with Gasteiger partial charge in [0.15, 0.2) is 11.4 Å². The topological polar surface area (TPSA) is 63.6 Å². The summed E-state index contributed by atoms with van der Waals surface area (Å²) in [6.45, 7) is 5.95. The number of aliphatic hydroxyl groups is 1. The Morgan fingerprint density at radius 1 is 1.50 bits per heavy atom. The van der Waals surface area contributed by atoms with E-state index in [4.69, 9.17) is 4.74 Å². The Morgan fingerprint density at radius 3 is 2.29 bits per heavy atom. The van der Waals surface area contributed by atoms with Crippen LogP contribution in [0.4, 0.5) is 0 Å². The van der Waals surface area contributed by atoms with Gasteiger partial charge in [-0.25, -0.2) is 4.79 Å². The van der Waals surface area contributed by atoms with Gasteiger partial charge in [-0.1, -0.05) is 6.08 Å². The second-order valence-electron chi connectivity index (χ2n) is 3.05. The van der Waals surface area contributed by atoms with Crippen molar-refractivity contribution >= 4 is 11.8 Å². The molecule has 1 N–H and O–H groups in total. The quantitative estimate of drug-likeness (QED) is 0.539. The van der Waals surface area contributed by atoms with Crippen LogP contribution < -0.4 is 0 Å². The maximum atomic E-state index is 11.3. The van der Waals surface area contributed by atoms with Crippen LogP contribution in [0.2, 0.25) is 0 Å². The van der Waals surface area contributed by atoms with Crippen molar-refractivity contribution in [2.75, 3.05) is 6.61 Å². The number of esters is 1. The van der Waals surface area contributed by atoms with Crippen LogP contribution in [0.3, 0.4) is 0 Å². The molecule has 0 heterocycles. The second-order valence-corrected chi connectivity index (χ2v) is 3.05. The molecule has 0 aliphatic carbocycles. The monoisotopic (exact) mass is 200 g/mol. The van der Waals surface area contributed by atoms with Gasteiger partial charge in [-0.15, -0.1) is 0 Å². The highest BCUT2D eigenvalue weighted by molar-refractivity contribution is 6.01. The van der Waals surface area contributed by atoms with E-state index in [2.05, 4.69) is 0 Å². The van der Waals surface area contributed by atoms with Crippen molar-refractivity contribution in [3.05, 3.63) is 11.6 Å². The lowest BCUT2D eigenvalue weighted by Crippen LogP contribution is -2.39. The smallest absolute Gasteiger partial charge is 0.337 e. The third kappa shape index (κ3) is 2.67. The predicted molar refractivity (Wildman–Crippen MR) is 51.7 cm³/mol. The fraction of sp³-hybridized carbons (Fsp3) is 0.600. The summed E-state index contributed by atoms with van der Waals surface area (Å²) < 4.78 is 4.71. The molecule has 0 fully saturated rings. The van der Waals surface area contributed by atoms with Gasteiger partial charge in [0, 0.05) is 0 Å². The molecule has 14 heavy (non-hydrogen) atoms. The van der Waals surface area contributed by atoms with Gasteiger partial charge in [0.25, 0.3) is 0 Å². The van der Waals surface area contributed by atoms with E-state index in [1.54, 1.807) is 13.8 Å². The number of carbonyl (C=O) groups is 2. The highest BCUT2D eigenvalue weighted by Gasteiger charge is 2.35. The average molecular weight is 200 g/mol. The van der Waals surface area contributed by atoms with Crippen LogP contribution in [-0.2, 0) is 14.3 Å². The summed E-state index contributed by atoms with van der Waals surface area (Å²) in [6.07, 6.45) is 1.39. The number of ether oxygens (including phenoxy) is 1. The first-order valence-electron chi connectivity index (χ1n) is 4.45. The van der Waals surface area contributed by atoms with Crippen molar-refractivity contribution in [1.29, 1.82) is 0 Å². The summed E-state index contributed by atoms with van der Waals surface area (Å²) in [5.41, 5.74) is -1.78. The number of hydrogen-bond acceptors (Lipinski definition) is 4. The van der Waals surface area contributed by atoms with E-state index in [0.29, 0.717) is 0 Å². The number of carbonyl (C=O) groups excluding carboxylic acids is 2. The minimum absolute atomic E-state index is 0.0214. The van der Waals surface area contributed by atoms with Crippen LogP contribution in [0.15, 0.2) is 11.6 Å². The molecule has 0 radical (unpaired) electrons. The lowest BCUT2D eigenvalue weighted by atomic mass is 9.92. The maximum absolute atomic E-state index is 11.3. The Labute approximate surface area is 83.6 Å². The molecular weight excluding hydrogens is 184 g/mol. The van der Waals surface area contributed by atoms with E-state index in [0.717, 1.165) is 0 Å². The molecule has 80 valence electrons. The van der Waals surface area contributed by atoms with Crippen LogP contribution in [0.25, 0.3) is 0 Å². The van der Waals surface area contributed by atoms with Gasteiger partial charge in [0.1, 0.15) is 0 Å². The molecule has 0 saturated heterocycles. The zero-order chi connectivity index (χ0) is 11.4. The summed E-state index contributed by atoms with van der Waals surface area (Å²) in [5.74, 6) is -1.14. The Hall–Kier alpha value is -1.16. The molecule has 4 heteroatoms. The van der Waals surface area contributed by atoms with Gasteiger partial charge < -0.3 is 9.84 Å². The molecule has 0 spiro atoms. The summed E-state index contributed by atoms with van der Waals surface area (Å²) >= 11 is 0. The van der Waals surface area contributed by atoms with Crippen molar-refractivity contribution in [3.8, 4) is 0 Å². The van der Waals surface area contributed by atoms with E-state index in [1.165, 1.54) is 19.9 Å². The largest absolute Gasteiger partial charge is 0.463 e. The maximum Gasteiger partial charge on any atom is 0.337 e. The van der Waals surface area contributed by atoms with Crippen LogP contribution >= 0.6 is 0 Å². The van der Waals surface area contributed by atoms with Gasteiger partial charge >= 0.3 is 5.97 Å². The lowest BCUT2D eigenvalue weighted by molar-refractivity contribution is -0.144. The lowest BCUT2D eigenvalue weighted by Gasteiger charge is -2.21. The minimum atomic E-state index is -1.76. The highest BCUT2D eigenvalue weighted by atomic mass is 16.5. The molecule has 1 atom stereocenters. The predicted octanol–water partition coefficient (Wildman–Crippen LogP) is 0.836. The molecule has 0 amide bonds. The molecule has 0 aromatic rings. The first kappa shape index (κ1) is 12.8. The van der Waals surface area contributed by atoms with Gasteiger partial charge in [0.2, 0.25) is 0 Å². The van der Waals surface area contributed by atoms with E-state index in [1.807, 2.05) is 0 Å². The Kier molecular flexibility index (Phi) is 4.50. The van der Waals surface area contributed by atoms with Crippen LogP contribution in [0.1, 0.15) is 27.7 Å². The molecule has 0 saturated carbocycles. The van der Waals surface area contributed by atoms with Crippen molar-refractivity contribution in [2.45, 2.75) is 33.3 Å². The number of hydrogen-bond donors (Lipinski definition) is 1. The Morgan fingerprint density at radius 2 is 2.00 bits per heavy atom. The minimum Gasteiger partial charge on any atom is -0.463 e. The zero-order valence-electron chi connectivity index (χ0n) is 8.96. The molecular formula is C10H16O4. The van der Waals surface area contributed by atoms with Gasteiger partial charge in [-0.3, -0.25) is 4.79 Å². The number of rotatable bonds is 4. The molecule has 0 aliphatic rings. The molecule has 0 aliphatic heterocycles. The third-order valence-corrected chi connectivity index (χ3v) is 1.99. The van der Waals surface area contributed by atoms with Crippen molar-refractivity contribution in [1.82, 2.24) is 0 Å². The van der Waals surface area contributed by atoms with Crippen molar-refractivity contribution < 1.29 is 19.4 Å². The summed E-state index contributed by atoms with van der Waals surface area (Å²) in [4.78, 5) is 22.4. The molecule has 0 bridgehead atoms. The van der Waals surface area contributed by atoms with Gasteiger partial charge in [0.05, 0.1) is 12.2 Å². The summed E-state index contributed by atoms with van der Waals surface area (Å²) in [7, 11) is 0. The number of Topliss-reactive ketones (excluding diaryl/α,β-unsaturated/α-hetero) is 1. The molecule has 0 aromatic carbocycles.